The highest BCUT2D eigenvalue weighted by atomic mass is 32.2. The van der Waals surface area contributed by atoms with Crippen molar-refractivity contribution >= 4 is 16.0 Å². The van der Waals surface area contributed by atoms with Gasteiger partial charge in [-0.15, -0.1) is 0 Å². The number of aryl methyl sites for hydroxylation is 2. The lowest BCUT2D eigenvalue weighted by Gasteiger charge is -2.14. The van der Waals surface area contributed by atoms with Crippen LogP contribution in [0.2, 0.25) is 0 Å². The standard InChI is InChI=1S/C14H19NO5S/c1-8-5-9(2)13(6-11(8)14(17)18)21(19,20)15-7-12(16)10-3-4-10/h5-6,10,12,15-16H,3-4,7H2,1-2H3,(H,17,18). The fourth-order valence-corrected chi connectivity index (χ4v) is 3.57. The second-order valence-corrected chi connectivity index (χ2v) is 7.23. The summed E-state index contributed by atoms with van der Waals surface area (Å²) >= 11 is 0. The monoisotopic (exact) mass is 313 g/mol. The van der Waals surface area contributed by atoms with Gasteiger partial charge in [0.05, 0.1) is 16.6 Å². The summed E-state index contributed by atoms with van der Waals surface area (Å²) in [6.45, 7) is 3.18. The number of aliphatic hydroxyl groups excluding tert-OH is 1. The molecule has 21 heavy (non-hydrogen) atoms. The maximum absolute atomic E-state index is 12.3. The van der Waals surface area contributed by atoms with Crippen LogP contribution in [0.3, 0.4) is 0 Å². The van der Waals surface area contributed by atoms with Gasteiger partial charge in [0, 0.05) is 6.54 Å². The lowest BCUT2D eigenvalue weighted by Crippen LogP contribution is -2.33. The van der Waals surface area contributed by atoms with Crippen LogP contribution in [0.25, 0.3) is 0 Å². The van der Waals surface area contributed by atoms with Gasteiger partial charge in [-0.1, -0.05) is 6.07 Å². The van der Waals surface area contributed by atoms with Crippen molar-refractivity contribution < 1.29 is 23.4 Å². The average molecular weight is 313 g/mol. The van der Waals surface area contributed by atoms with Crippen molar-refractivity contribution in [2.45, 2.75) is 37.7 Å². The molecule has 1 fully saturated rings. The van der Waals surface area contributed by atoms with E-state index in [1.807, 2.05) is 0 Å². The Labute approximate surface area is 123 Å². The molecule has 0 spiro atoms. The number of hydrogen-bond acceptors (Lipinski definition) is 4. The molecule has 0 radical (unpaired) electrons. The van der Waals surface area contributed by atoms with Crippen LogP contribution in [-0.4, -0.2) is 37.2 Å². The Morgan fingerprint density at radius 3 is 2.48 bits per heavy atom. The molecular formula is C14H19NO5S. The summed E-state index contributed by atoms with van der Waals surface area (Å²) in [5, 5.41) is 18.8. The van der Waals surface area contributed by atoms with Crippen LogP contribution in [0, 0.1) is 19.8 Å². The molecule has 2 rings (SSSR count). The molecule has 0 heterocycles. The Balaban J connectivity index is 2.26. The van der Waals surface area contributed by atoms with Gasteiger partial charge in [-0.2, -0.15) is 0 Å². The van der Waals surface area contributed by atoms with E-state index in [9.17, 15) is 18.3 Å². The molecule has 1 aliphatic rings. The van der Waals surface area contributed by atoms with E-state index in [1.54, 1.807) is 13.8 Å². The first-order chi connectivity index (χ1) is 9.72. The molecule has 0 bridgehead atoms. The molecule has 1 aromatic rings. The molecule has 116 valence electrons. The lowest BCUT2D eigenvalue weighted by molar-refractivity contribution is 0.0696. The second-order valence-electron chi connectivity index (χ2n) is 5.49. The van der Waals surface area contributed by atoms with Crippen molar-refractivity contribution in [3.8, 4) is 0 Å². The SMILES string of the molecule is Cc1cc(C)c(S(=O)(=O)NCC(O)C2CC2)cc1C(=O)O. The van der Waals surface area contributed by atoms with Crippen molar-refractivity contribution in [2.75, 3.05) is 6.54 Å². The summed E-state index contributed by atoms with van der Waals surface area (Å²) in [6, 6.07) is 2.70. The number of rotatable bonds is 6. The zero-order valence-electron chi connectivity index (χ0n) is 12.0. The quantitative estimate of drug-likeness (QED) is 0.728. The van der Waals surface area contributed by atoms with Crippen molar-refractivity contribution in [1.82, 2.24) is 4.72 Å². The van der Waals surface area contributed by atoms with Gasteiger partial charge in [0.25, 0.3) is 0 Å². The normalized spacial score (nSPS) is 16.7. The Morgan fingerprint density at radius 1 is 1.33 bits per heavy atom. The van der Waals surface area contributed by atoms with Crippen LogP contribution >= 0.6 is 0 Å². The predicted molar refractivity (Wildman–Crippen MR) is 76.8 cm³/mol. The minimum Gasteiger partial charge on any atom is -0.478 e. The fraction of sp³-hybridized carbons (Fsp3) is 0.500. The van der Waals surface area contributed by atoms with Crippen LogP contribution in [0.1, 0.15) is 34.3 Å². The summed E-state index contributed by atoms with van der Waals surface area (Å²) < 4.78 is 26.9. The van der Waals surface area contributed by atoms with E-state index in [0.29, 0.717) is 11.1 Å². The summed E-state index contributed by atoms with van der Waals surface area (Å²) in [7, 11) is -3.84. The number of carboxylic acid groups (broad SMARTS) is 1. The van der Waals surface area contributed by atoms with Gasteiger partial charge >= 0.3 is 5.97 Å². The minimum atomic E-state index is -3.84. The van der Waals surface area contributed by atoms with Gasteiger partial charge in [-0.3, -0.25) is 0 Å². The summed E-state index contributed by atoms with van der Waals surface area (Å²) in [5.41, 5.74) is 0.951. The third kappa shape index (κ3) is 3.61. The van der Waals surface area contributed by atoms with Crippen molar-refractivity contribution in [3.63, 3.8) is 0 Å². The number of sulfonamides is 1. The van der Waals surface area contributed by atoms with Gasteiger partial charge in [0.2, 0.25) is 10.0 Å². The highest BCUT2D eigenvalue weighted by Crippen LogP contribution is 2.32. The summed E-state index contributed by atoms with van der Waals surface area (Å²) in [4.78, 5) is 11.1. The predicted octanol–water partition coefficient (Wildman–Crippen LogP) is 1.05. The average Bonchev–Trinajstić information content (AvgIpc) is 3.19. The van der Waals surface area contributed by atoms with E-state index in [0.717, 1.165) is 12.8 Å². The molecule has 0 aromatic heterocycles. The number of benzene rings is 1. The Bertz CT molecular complexity index is 664. The lowest BCUT2D eigenvalue weighted by atomic mass is 10.1. The maximum atomic E-state index is 12.3. The van der Waals surface area contributed by atoms with Crippen LogP contribution in [-0.2, 0) is 10.0 Å². The number of nitrogens with one attached hydrogen (secondary N) is 1. The van der Waals surface area contributed by atoms with Crippen molar-refractivity contribution in [1.29, 1.82) is 0 Å². The topological polar surface area (TPSA) is 104 Å². The van der Waals surface area contributed by atoms with Crippen LogP contribution in [0.5, 0.6) is 0 Å². The molecule has 0 aliphatic heterocycles. The van der Waals surface area contributed by atoms with Gasteiger partial charge in [0.15, 0.2) is 0 Å². The molecule has 1 aliphatic carbocycles. The Kier molecular flexibility index (Phi) is 4.36. The molecule has 0 amide bonds. The van der Waals surface area contributed by atoms with Gasteiger partial charge in [-0.25, -0.2) is 17.9 Å². The molecule has 7 heteroatoms. The van der Waals surface area contributed by atoms with E-state index < -0.39 is 22.1 Å². The molecule has 0 saturated heterocycles. The van der Waals surface area contributed by atoms with E-state index >= 15 is 0 Å². The highest BCUT2D eigenvalue weighted by Gasteiger charge is 2.31. The van der Waals surface area contributed by atoms with Crippen LogP contribution < -0.4 is 4.72 Å². The number of carbonyl (C=O) groups is 1. The van der Waals surface area contributed by atoms with Crippen molar-refractivity contribution in [2.24, 2.45) is 5.92 Å². The zero-order valence-corrected chi connectivity index (χ0v) is 12.8. The van der Waals surface area contributed by atoms with Crippen LogP contribution in [0.15, 0.2) is 17.0 Å². The number of aromatic carboxylic acids is 1. The molecule has 1 saturated carbocycles. The maximum Gasteiger partial charge on any atom is 0.335 e. The molecule has 1 atom stereocenters. The first-order valence-electron chi connectivity index (χ1n) is 6.74. The summed E-state index contributed by atoms with van der Waals surface area (Å²) in [6.07, 6.45) is 1.13. The van der Waals surface area contributed by atoms with E-state index in [1.165, 1.54) is 12.1 Å². The Morgan fingerprint density at radius 2 is 1.95 bits per heavy atom. The van der Waals surface area contributed by atoms with Gasteiger partial charge in [-0.05, 0) is 49.8 Å². The smallest absolute Gasteiger partial charge is 0.335 e. The third-order valence-electron chi connectivity index (χ3n) is 3.69. The van der Waals surface area contributed by atoms with Gasteiger partial charge in [0.1, 0.15) is 0 Å². The zero-order chi connectivity index (χ0) is 15.8. The molecule has 1 unspecified atom stereocenters. The second kappa shape index (κ2) is 5.75. The highest BCUT2D eigenvalue weighted by molar-refractivity contribution is 7.89. The van der Waals surface area contributed by atoms with Crippen LogP contribution in [0.4, 0.5) is 0 Å². The first kappa shape index (κ1) is 15.9. The summed E-state index contributed by atoms with van der Waals surface area (Å²) in [5.74, 6) is -0.997. The molecule has 6 nitrogen and oxygen atoms in total. The fourth-order valence-electron chi connectivity index (χ4n) is 2.27. The van der Waals surface area contributed by atoms with Crippen molar-refractivity contribution in [3.05, 3.63) is 28.8 Å². The van der Waals surface area contributed by atoms with Gasteiger partial charge < -0.3 is 10.2 Å². The van der Waals surface area contributed by atoms with E-state index in [4.69, 9.17) is 5.11 Å². The Hall–Kier alpha value is -1.44. The van der Waals surface area contributed by atoms with E-state index in [-0.39, 0.29) is 22.9 Å². The number of aliphatic hydroxyl groups is 1. The first-order valence-corrected chi connectivity index (χ1v) is 8.23. The molecular weight excluding hydrogens is 294 g/mol. The number of hydrogen-bond donors (Lipinski definition) is 3. The minimum absolute atomic E-state index is 0.0382. The number of carboxylic acids is 1. The molecule has 1 aromatic carbocycles. The molecule has 3 N–H and O–H groups in total. The largest absolute Gasteiger partial charge is 0.478 e. The third-order valence-corrected chi connectivity index (χ3v) is 5.26. The van der Waals surface area contributed by atoms with E-state index in [2.05, 4.69) is 4.72 Å².